The van der Waals surface area contributed by atoms with Crippen molar-refractivity contribution in [2.75, 3.05) is 14.1 Å². The van der Waals surface area contributed by atoms with Crippen LogP contribution >= 0.6 is 0 Å². The Hall–Kier alpha value is -3.42. The summed E-state index contributed by atoms with van der Waals surface area (Å²) in [6.07, 6.45) is 5.55. The number of rotatable bonds is 16. The summed E-state index contributed by atoms with van der Waals surface area (Å²) in [6.45, 7) is 9.65. The van der Waals surface area contributed by atoms with E-state index in [4.69, 9.17) is 10.4 Å². The van der Waals surface area contributed by atoms with Gasteiger partial charge in [-0.05, 0) is 77.2 Å². The first-order valence-electron chi connectivity index (χ1n) is 15.4. The normalized spacial score (nSPS) is 15.0. The smallest absolute Gasteiger partial charge is 0.294 e. The number of nitrogens with one attached hydrogen (secondary N) is 2. The van der Waals surface area contributed by atoms with Gasteiger partial charge in [0.2, 0.25) is 11.8 Å². The second-order valence-electron chi connectivity index (χ2n) is 12.3. The Bertz CT molecular complexity index is 1380. The molecule has 256 valence electrons. The molecule has 2 aromatic rings. The van der Waals surface area contributed by atoms with Crippen molar-refractivity contribution in [3.05, 3.63) is 71.8 Å². The molecule has 0 heterocycles. The van der Waals surface area contributed by atoms with Gasteiger partial charge in [-0.25, -0.2) is 11.3 Å². The molecular formula is C34H52N4O7S. The largest absolute Gasteiger partial charge is 0.307 e. The maximum Gasteiger partial charge on any atom is 0.294 e. The van der Waals surface area contributed by atoms with E-state index < -0.39 is 39.2 Å². The molecule has 2 rings (SSSR count). The van der Waals surface area contributed by atoms with Crippen LogP contribution in [0, 0.1) is 30.1 Å². The van der Waals surface area contributed by atoms with E-state index in [1.54, 1.807) is 17.6 Å². The molecule has 2 aromatic carbocycles. The number of allylic oxidation sites excluding steroid dienone is 1. The molecule has 11 nitrogen and oxygen atoms in total. The highest BCUT2D eigenvalue weighted by Gasteiger charge is 2.50. The van der Waals surface area contributed by atoms with Crippen LogP contribution in [-0.2, 0) is 24.5 Å². The van der Waals surface area contributed by atoms with Gasteiger partial charge in [0, 0.05) is 12.0 Å². The Kier molecular flexibility index (Phi) is 17.0. The Morgan fingerprint density at radius 1 is 1.00 bits per heavy atom. The number of carbonyl (C=O) groups excluding carboxylic acids is 3. The fourth-order valence-corrected chi connectivity index (χ4v) is 5.94. The minimum absolute atomic E-state index is 0.0460. The van der Waals surface area contributed by atoms with Gasteiger partial charge in [0.25, 0.3) is 10.1 Å². The molecule has 6 N–H and O–H groups in total. The molecule has 0 fully saturated rings. The number of nitrogens with zero attached hydrogens (tertiary/aromatic N) is 1. The predicted octanol–water partition coefficient (Wildman–Crippen LogP) is 4.80. The van der Waals surface area contributed by atoms with Crippen LogP contribution in [0.25, 0.3) is 6.08 Å². The summed E-state index contributed by atoms with van der Waals surface area (Å²) < 4.78 is 29.6. The summed E-state index contributed by atoms with van der Waals surface area (Å²) >= 11 is 0. The predicted molar refractivity (Wildman–Crippen MR) is 180 cm³/mol. The number of carbonyl (C=O) groups is 3. The van der Waals surface area contributed by atoms with E-state index in [1.807, 2.05) is 96.1 Å². The third-order valence-electron chi connectivity index (χ3n) is 8.04. The highest BCUT2D eigenvalue weighted by atomic mass is 32.2. The third kappa shape index (κ3) is 12.4. The van der Waals surface area contributed by atoms with E-state index in [2.05, 4.69) is 5.43 Å². The van der Waals surface area contributed by atoms with Crippen LogP contribution in [0.15, 0.2) is 65.6 Å². The number of hydrazine groups is 1. The lowest BCUT2D eigenvalue weighted by Crippen LogP contribution is -2.54. The van der Waals surface area contributed by atoms with Gasteiger partial charge >= 0.3 is 0 Å². The maximum atomic E-state index is 14.3. The van der Waals surface area contributed by atoms with Gasteiger partial charge in [-0.2, -0.15) is 8.42 Å². The SMILES string of the molecule is CCCC(CC(C)C)(C(=O)NN)C(=O)[C@H](CC(C)N(C)C)[C@H](C/C=C/c1ccccc1)C(=O)NO.Cc1ccc(S(=O)(=O)O)cc1. The number of nitrogens with two attached hydrogens (primary N) is 1. The number of hydrogen-bond donors (Lipinski definition) is 5. The van der Waals surface area contributed by atoms with E-state index in [9.17, 15) is 28.0 Å². The summed E-state index contributed by atoms with van der Waals surface area (Å²) in [7, 11) is -0.209. The molecule has 0 radical (unpaired) electrons. The molecule has 0 bridgehead atoms. The van der Waals surface area contributed by atoms with Crippen molar-refractivity contribution < 1.29 is 32.6 Å². The highest BCUT2D eigenvalue weighted by molar-refractivity contribution is 7.85. The minimum atomic E-state index is -4.02. The molecule has 0 aliphatic rings. The number of amides is 2. The molecule has 0 saturated carbocycles. The second-order valence-corrected chi connectivity index (χ2v) is 13.8. The molecule has 2 amide bonds. The average Bonchev–Trinajstić information content (AvgIpc) is 3.01. The molecular weight excluding hydrogens is 608 g/mol. The van der Waals surface area contributed by atoms with Crippen LogP contribution < -0.4 is 16.7 Å². The monoisotopic (exact) mass is 660 g/mol. The number of aryl methyl sites for hydroxylation is 1. The van der Waals surface area contributed by atoms with Gasteiger partial charge in [0.1, 0.15) is 5.41 Å². The van der Waals surface area contributed by atoms with E-state index in [1.165, 1.54) is 12.1 Å². The summed E-state index contributed by atoms with van der Waals surface area (Å²) in [5.41, 5.74) is 4.54. The molecule has 0 saturated heterocycles. The van der Waals surface area contributed by atoms with E-state index in [-0.39, 0.29) is 29.1 Å². The van der Waals surface area contributed by atoms with Crippen molar-refractivity contribution in [2.45, 2.75) is 77.7 Å². The lowest BCUT2D eigenvalue weighted by molar-refractivity contribution is -0.152. The Morgan fingerprint density at radius 3 is 2.04 bits per heavy atom. The summed E-state index contributed by atoms with van der Waals surface area (Å²) in [5, 5.41) is 9.56. The van der Waals surface area contributed by atoms with Crippen LogP contribution in [0.3, 0.4) is 0 Å². The van der Waals surface area contributed by atoms with Crippen molar-refractivity contribution in [1.29, 1.82) is 0 Å². The first kappa shape index (κ1) is 40.6. The zero-order valence-electron chi connectivity index (χ0n) is 28.1. The zero-order valence-corrected chi connectivity index (χ0v) is 28.9. The van der Waals surface area contributed by atoms with Crippen LogP contribution in [0.4, 0.5) is 0 Å². The summed E-state index contributed by atoms with van der Waals surface area (Å²) in [6, 6.07) is 15.6. The molecule has 12 heteroatoms. The van der Waals surface area contributed by atoms with E-state index >= 15 is 0 Å². The molecule has 46 heavy (non-hydrogen) atoms. The number of ketones is 1. The topological polar surface area (TPSA) is 179 Å². The molecule has 2 unspecified atom stereocenters. The lowest BCUT2D eigenvalue weighted by Gasteiger charge is -2.38. The highest BCUT2D eigenvalue weighted by Crippen LogP contribution is 2.40. The molecule has 0 aromatic heterocycles. The quantitative estimate of drug-likeness (QED) is 0.0422. The van der Waals surface area contributed by atoms with E-state index in [0.717, 1.165) is 11.1 Å². The first-order chi connectivity index (χ1) is 21.5. The lowest BCUT2D eigenvalue weighted by atomic mass is 9.65. The number of hydroxylamine groups is 1. The molecule has 0 aliphatic heterocycles. The number of benzene rings is 2. The van der Waals surface area contributed by atoms with Gasteiger partial charge in [0.15, 0.2) is 5.78 Å². The van der Waals surface area contributed by atoms with Crippen LogP contribution in [0.5, 0.6) is 0 Å². The second kappa shape index (κ2) is 19.3. The average molecular weight is 661 g/mol. The van der Waals surface area contributed by atoms with Crippen molar-refractivity contribution in [1.82, 2.24) is 15.8 Å². The van der Waals surface area contributed by atoms with Gasteiger partial charge in [0.05, 0.1) is 10.8 Å². The third-order valence-corrected chi connectivity index (χ3v) is 8.90. The first-order valence-corrected chi connectivity index (χ1v) is 16.9. The zero-order chi connectivity index (χ0) is 35.1. The Labute approximate surface area is 274 Å². The van der Waals surface area contributed by atoms with Crippen molar-refractivity contribution in [3.8, 4) is 0 Å². The fraction of sp³-hybridized carbons (Fsp3) is 0.500. The van der Waals surface area contributed by atoms with Crippen molar-refractivity contribution in [2.24, 2.45) is 29.0 Å². The standard InChI is InChI=1S/C27H44N4O4.C7H8O3S/c1-7-16-27(18-19(2)3,26(34)29-28)24(32)23(17-20(4)31(5)6)22(25(33)30-35)15-11-14-21-12-9-8-10-13-21;1-6-2-4-7(5-3-6)11(8,9)10/h8-14,19-20,22-23,35H,7,15-18,28H2,1-6H3,(H,29,34)(H,30,33);2-5H,1H3,(H,8,9,10)/b14-11+;/t20?,22-,23+,27?;/m0./s1. The van der Waals surface area contributed by atoms with E-state index in [0.29, 0.717) is 25.7 Å². The van der Waals surface area contributed by atoms with Gasteiger partial charge in [-0.3, -0.25) is 29.6 Å². The van der Waals surface area contributed by atoms with Gasteiger partial charge in [-0.15, -0.1) is 0 Å². The van der Waals surface area contributed by atoms with Crippen LogP contribution in [0.2, 0.25) is 0 Å². The molecule has 0 spiro atoms. The minimum Gasteiger partial charge on any atom is -0.307 e. The molecule has 4 atom stereocenters. The number of Topliss-reactive ketones (excluding diaryl/α,β-unsaturated/α-hetero) is 1. The Morgan fingerprint density at radius 2 is 1.59 bits per heavy atom. The molecule has 0 aliphatic carbocycles. The van der Waals surface area contributed by atoms with Gasteiger partial charge in [-0.1, -0.05) is 87.4 Å². The van der Waals surface area contributed by atoms with Gasteiger partial charge < -0.3 is 4.90 Å². The summed E-state index contributed by atoms with van der Waals surface area (Å²) in [4.78, 5) is 42.3. The maximum absolute atomic E-state index is 14.3. The van der Waals surface area contributed by atoms with Crippen LogP contribution in [-0.4, -0.2) is 60.8 Å². The van der Waals surface area contributed by atoms with Crippen LogP contribution in [0.1, 0.15) is 70.9 Å². The Balaban J connectivity index is 0.000000804. The summed E-state index contributed by atoms with van der Waals surface area (Å²) in [5.74, 6) is 2.49. The fourth-order valence-electron chi connectivity index (χ4n) is 5.46. The number of hydrogen-bond acceptors (Lipinski definition) is 8. The van der Waals surface area contributed by atoms with Crippen molar-refractivity contribution in [3.63, 3.8) is 0 Å². The van der Waals surface area contributed by atoms with Crippen molar-refractivity contribution >= 4 is 33.8 Å².